The highest BCUT2D eigenvalue weighted by Crippen LogP contribution is 2.40. The molecule has 1 aliphatic rings. The smallest absolute Gasteiger partial charge is 0.246 e. The average Bonchev–Trinajstić information content (AvgIpc) is 2.73. The van der Waals surface area contributed by atoms with E-state index in [9.17, 15) is 9.59 Å². The number of amides is 2. The highest BCUT2D eigenvalue weighted by molar-refractivity contribution is 6.30. The zero-order valence-electron chi connectivity index (χ0n) is 18.4. The van der Waals surface area contributed by atoms with Gasteiger partial charge in [0.1, 0.15) is 18.5 Å². The van der Waals surface area contributed by atoms with E-state index in [-0.39, 0.29) is 36.8 Å². The van der Waals surface area contributed by atoms with E-state index in [0.717, 1.165) is 11.3 Å². The number of nitrogens with zero attached hydrogens (tertiary/aromatic N) is 1. The van der Waals surface area contributed by atoms with Crippen LogP contribution in [0.25, 0.3) is 0 Å². The fourth-order valence-corrected chi connectivity index (χ4v) is 3.83. The molecule has 1 unspecified atom stereocenters. The predicted molar refractivity (Wildman–Crippen MR) is 122 cm³/mol. The Hall–Kier alpha value is -2.57. The number of carbonyl (C=O) groups excluding carboxylic acids is 2. The van der Waals surface area contributed by atoms with Crippen molar-refractivity contribution in [1.29, 1.82) is 0 Å². The lowest BCUT2D eigenvalue weighted by atomic mass is 9.93. The molecular weight excluding hydrogens is 416 g/mol. The Balaban J connectivity index is 2.22. The first-order valence-electron chi connectivity index (χ1n) is 10.3. The molecule has 1 heterocycles. The van der Waals surface area contributed by atoms with Crippen molar-refractivity contribution in [3.8, 4) is 5.75 Å². The SMILES string of the molecule is COc1ccccc1C1OCC(=O)NCCC(=O)N(CC(C)(C)C)c2ccc(Cl)cc21. The summed E-state index contributed by atoms with van der Waals surface area (Å²) in [5, 5.41) is 3.28. The number of fused-ring (bicyclic) bond motifs is 1. The highest BCUT2D eigenvalue weighted by atomic mass is 35.5. The number of ether oxygens (including phenoxy) is 2. The first-order valence-corrected chi connectivity index (χ1v) is 10.7. The zero-order chi connectivity index (χ0) is 22.6. The number of carbonyl (C=O) groups is 2. The lowest BCUT2D eigenvalue weighted by Crippen LogP contribution is -2.40. The van der Waals surface area contributed by atoms with Crippen molar-refractivity contribution in [2.24, 2.45) is 5.41 Å². The summed E-state index contributed by atoms with van der Waals surface area (Å²) in [5.74, 6) is 0.280. The Labute approximate surface area is 188 Å². The lowest BCUT2D eigenvalue weighted by molar-refractivity contribution is -0.127. The number of methoxy groups -OCH3 is 1. The molecule has 6 nitrogen and oxygen atoms in total. The largest absolute Gasteiger partial charge is 0.496 e. The molecule has 1 atom stereocenters. The van der Waals surface area contributed by atoms with E-state index >= 15 is 0 Å². The zero-order valence-corrected chi connectivity index (χ0v) is 19.2. The van der Waals surface area contributed by atoms with Crippen molar-refractivity contribution < 1.29 is 19.1 Å². The number of anilines is 1. The van der Waals surface area contributed by atoms with E-state index in [1.807, 2.05) is 30.3 Å². The number of hydrogen-bond donors (Lipinski definition) is 1. The number of hydrogen-bond acceptors (Lipinski definition) is 4. The summed E-state index contributed by atoms with van der Waals surface area (Å²) >= 11 is 6.38. The number of nitrogens with one attached hydrogen (secondary N) is 1. The van der Waals surface area contributed by atoms with Crippen LogP contribution in [0.15, 0.2) is 42.5 Å². The van der Waals surface area contributed by atoms with Gasteiger partial charge in [0.05, 0.1) is 7.11 Å². The molecule has 1 aliphatic heterocycles. The van der Waals surface area contributed by atoms with Crippen LogP contribution in [-0.2, 0) is 14.3 Å². The van der Waals surface area contributed by atoms with Gasteiger partial charge in [-0.15, -0.1) is 0 Å². The Morgan fingerprint density at radius 3 is 2.61 bits per heavy atom. The van der Waals surface area contributed by atoms with E-state index in [1.165, 1.54) is 0 Å². The van der Waals surface area contributed by atoms with Crippen LogP contribution >= 0.6 is 11.6 Å². The molecule has 3 rings (SSSR count). The van der Waals surface area contributed by atoms with E-state index in [0.29, 0.717) is 22.9 Å². The third-order valence-corrected chi connectivity index (χ3v) is 5.19. The number of benzene rings is 2. The summed E-state index contributed by atoms with van der Waals surface area (Å²) in [5.41, 5.74) is 2.04. The first kappa shape index (κ1) is 23.1. The van der Waals surface area contributed by atoms with Crippen LogP contribution in [0.1, 0.15) is 44.4 Å². The molecule has 2 aromatic rings. The minimum absolute atomic E-state index is 0.0699. The van der Waals surface area contributed by atoms with Crippen molar-refractivity contribution in [1.82, 2.24) is 5.32 Å². The maximum atomic E-state index is 13.2. The lowest BCUT2D eigenvalue weighted by Gasteiger charge is -2.33. The van der Waals surface area contributed by atoms with Crippen molar-refractivity contribution >= 4 is 29.1 Å². The second kappa shape index (κ2) is 9.71. The van der Waals surface area contributed by atoms with Gasteiger partial charge in [-0.2, -0.15) is 0 Å². The topological polar surface area (TPSA) is 67.9 Å². The Kier molecular flexibility index (Phi) is 7.23. The van der Waals surface area contributed by atoms with Crippen LogP contribution in [-0.4, -0.2) is 38.6 Å². The third-order valence-electron chi connectivity index (χ3n) is 4.96. The summed E-state index contributed by atoms with van der Waals surface area (Å²) < 4.78 is 11.7. The van der Waals surface area contributed by atoms with Gasteiger partial charge in [-0.1, -0.05) is 50.6 Å². The van der Waals surface area contributed by atoms with Gasteiger partial charge in [0.25, 0.3) is 0 Å². The Morgan fingerprint density at radius 2 is 1.90 bits per heavy atom. The molecule has 0 radical (unpaired) electrons. The maximum absolute atomic E-state index is 13.2. The Bertz CT molecular complexity index is 955. The number of para-hydroxylation sites is 1. The second-order valence-electron chi connectivity index (χ2n) is 8.78. The quantitative estimate of drug-likeness (QED) is 0.764. The van der Waals surface area contributed by atoms with Gasteiger partial charge in [0.15, 0.2) is 0 Å². The molecule has 1 N–H and O–H groups in total. The molecule has 0 saturated heterocycles. The van der Waals surface area contributed by atoms with E-state index < -0.39 is 6.10 Å². The van der Waals surface area contributed by atoms with Gasteiger partial charge in [-0.05, 0) is 29.7 Å². The molecule has 0 aliphatic carbocycles. The maximum Gasteiger partial charge on any atom is 0.246 e. The molecule has 31 heavy (non-hydrogen) atoms. The summed E-state index contributed by atoms with van der Waals surface area (Å²) in [6, 6.07) is 12.9. The van der Waals surface area contributed by atoms with Crippen LogP contribution in [0.3, 0.4) is 0 Å². The van der Waals surface area contributed by atoms with Crippen molar-refractivity contribution in [3.05, 3.63) is 58.6 Å². The average molecular weight is 445 g/mol. The van der Waals surface area contributed by atoms with Crippen LogP contribution < -0.4 is 15.0 Å². The first-order chi connectivity index (χ1) is 14.7. The van der Waals surface area contributed by atoms with Gasteiger partial charge >= 0.3 is 0 Å². The number of halogens is 1. The second-order valence-corrected chi connectivity index (χ2v) is 9.21. The predicted octanol–water partition coefficient (Wildman–Crippen LogP) is 4.35. The molecule has 2 amide bonds. The fourth-order valence-electron chi connectivity index (χ4n) is 3.65. The fraction of sp³-hybridized carbons (Fsp3) is 0.417. The van der Waals surface area contributed by atoms with Crippen molar-refractivity contribution in [2.75, 3.05) is 31.7 Å². The molecule has 0 fully saturated rings. The summed E-state index contributed by atoms with van der Waals surface area (Å²) in [6.45, 7) is 6.85. The minimum Gasteiger partial charge on any atom is -0.496 e. The minimum atomic E-state index is -0.649. The van der Waals surface area contributed by atoms with E-state index in [4.69, 9.17) is 21.1 Å². The molecule has 166 valence electrons. The van der Waals surface area contributed by atoms with Crippen LogP contribution in [0.5, 0.6) is 5.75 Å². The molecule has 0 saturated carbocycles. The van der Waals surface area contributed by atoms with Crippen molar-refractivity contribution in [3.63, 3.8) is 0 Å². The molecule has 2 aromatic carbocycles. The summed E-state index contributed by atoms with van der Waals surface area (Å²) in [7, 11) is 1.59. The highest BCUT2D eigenvalue weighted by Gasteiger charge is 2.30. The standard InChI is InChI=1S/C24H29ClN2O4/c1-24(2,3)15-27-19-10-9-16(25)13-18(19)23(17-7-5-6-8-20(17)30-4)31-14-21(28)26-12-11-22(27)29/h5-10,13,23H,11-12,14-15H2,1-4H3,(H,26,28). The van der Waals surface area contributed by atoms with Crippen LogP contribution in [0, 0.1) is 5.41 Å². The van der Waals surface area contributed by atoms with Gasteiger partial charge in [0, 0.05) is 41.3 Å². The normalized spacial score (nSPS) is 18.1. The van der Waals surface area contributed by atoms with Gasteiger partial charge in [-0.25, -0.2) is 0 Å². The molecule has 0 spiro atoms. The van der Waals surface area contributed by atoms with Crippen LogP contribution in [0.4, 0.5) is 5.69 Å². The molecule has 0 bridgehead atoms. The van der Waals surface area contributed by atoms with Gasteiger partial charge in [-0.3, -0.25) is 9.59 Å². The van der Waals surface area contributed by atoms with Crippen molar-refractivity contribution in [2.45, 2.75) is 33.3 Å². The molecule has 7 heteroatoms. The van der Waals surface area contributed by atoms with Gasteiger partial charge in [0.2, 0.25) is 11.8 Å². The van der Waals surface area contributed by atoms with E-state index in [1.54, 1.807) is 24.1 Å². The summed E-state index contributed by atoms with van der Waals surface area (Å²) in [6.07, 6.45) is -0.451. The monoisotopic (exact) mass is 444 g/mol. The van der Waals surface area contributed by atoms with Gasteiger partial charge < -0.3 is 19.7 Å². The summed E-state index contributed by atoms with van der Waals surface area (Å²) in [4.78, 5) is 27.3. The molecule has 0 aromatic heterocycles. The van der Waals surface area contributed by atoms with Crippen LogP contribution in [0.2, 0.25) is 5.02 Å². The third kappa shape index (κ3) is 5.77. The number of rotatable bonds is 3. The molecular formula is C24H29ClN2O4. The van der Waals surface area contributed by atoms with E-state index in [2.05, 4.69) is 26.1 Å². The Morgan fingerprint density at radius 1 is 1.16 bits per heavy atom.